The summed E-state index contributed by atoms with van der Waals surface area (Å²) in [5, 5.41) is 9.19. The Morgan fingerprint density at radius 1 is 0.929 bits per heavy atom. The highest BCUT2D eigenvalue weighted by atomic mass is 32.1. The van der Waals surface area contributed by atoms with Gasteiger partial charge in [-0.25, -0.2) is 5.01 Å². The average Bonchev–Trinajstić information content (AvgIpc) is 3.43. The Labute approximate surface area is 166 Å². The van der Waals surface area contributed by atoms with Crippen LogP contribution in [0, 0.1) is 0 Å². The fourth-order valence-corrected chi connectivity index (χ4v) is 4.79. The normalized spacial score (nSPS) is 22.1. The summed E-state index contributed by atoms with van der Waals surface area (Å²) < 4.78 is 17.8. The maximum Gasteiger partial charge on any atom is 0.222 e. The van der Waals surface area contributed by atoms with Gasteiger partial charge in [0.25, 0.3) is 0 Å². The van der Waals surface area contributed by atoms with E-state index in [1.165, 1.54) is 5.56 Å². The van der Waals surface area contributed by atoms with Gasteiger partial charge >= 0.3 is 0 Å². The third-order valence-corrected chi connectivity index (χ3v) is 6.26. The first kappa shape index (κ1) is 16.0. The van der Waals surface area contributed by atoms with E-state index in [0.717, 1.165) is 39.8 Å². The number of nitrogens with zero attached hydrogens (tertiary/aromatic N) is 2. The van der Waals surface area contributed by atoms with Crippen LogP contribution in [0.3, 0.4) is 0 Å². The highest BCUT2D eigenvalue weighted by molar-refractivity contribution is 7.10. The van der Waals surface area contributed by atoms with Crippen LogP contribution in [0.1, 0.15) is 34.7 Å². The highest BCUT2D eigenvalue weighted by Gasteiger charge is 2.41. The smallest absolute Gasteiger partial charge is 0.222 e. The Bertz CT molecular complexity index is 1060. The second-order valence-electron chi connectivity index (χ2n) is 7.03. The molecule has 6 rings (SSSR count). The van der Waals surface area contributed by atoms with Crippen LogP contribution in [0.2, 0.25) is 0 Å². The molecule has 4 heterocycles. The number of ether oxygens (including phenoxy) is 3. The van der Waals surface area contributed by atoms with E-state index in [0.29, 0.717) is 13.2 Å². The van der Waals surface area contributed by atoms with Crippen LogP contribution >= 0.6 is 11.3 Å². The van der Waals surface area contributed by atoms with Crippen molar-refractivity contribution in [1.82, 2.24) is 5.01 Å². The number of hydrogen-bond donors (Lipinski definition) is 0. The minimum Gasteiger partial charge on any atom is -0.486 e. The summed E-state index contributed by atoms with van der Waals surface area (Å²) in [6, 6.07) is 18.7. The minimum absolute atomic E-state index is 0.167. The van der Waals surface area contributed by atoms with E-state index in [1.54, 1.807) is 11.3 Å². The molecule has 2 atom stereocenters. The standard InChI is InChI=1S/C22H18N2O3S/c1-2-5-18-15(4-1)17-13-16(14-7-8-19-20(12-14)26-10-9-25-19)23-24(17)22(27-18)21-6-3-11-28-21/h1-8,11-12,17,22H,9-10,13H2. The SMILES string of the molecule is c1csc(C2Oc3ccccc3C3CC(c4ccc5c(c4)OCCO5)=NN32)c1. The number of rotatable bonds is 2. The molecule has 2 aromatic carbocycles. The molecule has 0 N–H and O–H groups in total. The van der Waals surface area contributed by atoms with Crippen LogP contribution in [0.15, 0.2) is 65.1 Å². The molecule has 3 aliphatic heterocycles. The predicted molar refractivity (Wildman–Crippen MR) is 107 cm³/mol. The molecule has 0 saturated heterocycles. The van der Waals surface area contributed by atoms with Gasteiger partial charge in [-0.3, -0.25) is 0 Å². The first-order valence-electron chi connectivity index (χ1n) is 9.42. The van der Waals surface area contributed by atoms with Crippen molar-refractivity contribution in [2.75, 3.05) is 13.2 Å². The molecule has 2 unspecified atom stereocenters. The van der Waals surface area contributed by atoms with E-state index >= 15 is 0 Å². The Morgan fingerprint density at radius 3 is 2.71 bits per heavy atom. The van der Waals surface area contributed by atoms with Crippen molar-refractivity contribution in [2.24, 2.45) is 5.10 Å². The van der Waals surface area contributed by atoms with Crippen LogP contribution in [-0.4, -0.2) is 23.9 Å². The van der Waals surface area contributed by atoms with Gasteiger partial charge in [-0.2, -0.15) is 5.10 Å². The van der Waals surface area contributed by atoms with Crippen molar-refractivity contribution in [1.29, 1.82) is 0 Å². The number of hydrazone groups is 1. The van der Waals surface area contributed by atoms with Gasteiger partial charge in [0.15, 0.2) is 11.5 Å². The van der Waals surface area contributed by atoms with E-state index in [1.807, 2.05) is 18.2 Å². The summed E-state index contributed by atoms with van der Waals surface area (Å²) in [7, 11) is 0. The topological polar surface area (TPSA) is 43.3 Å². The molecule has 3 aliphatic rings. The first-order chi connectivity index (χ1) is 13.9. The van der Waals surface area contributed by atoms with Gasteiger partial charge in [0.2, 0.25) is 6.23 Å². The number of benzene rings is 2. The van der Waals surface area contributed by atoms with Crippen LogP contribution in [0.25, 0.3) is 0 Å². The Kier molecular flexibility index (Phi) is 3.59. The zero-order chi connectivity index (χ0) is 18.5. The van der Waals surface area contributed by atoms with Crippen molar-refractivity contribution in [3.8, 4) is 17.2 Å². The van der Waals surface area contributed by atoms with E-state index in [4.69, 9.17) is 19.3 Å². The summed E-state index contributed by atoms with van der Waals surface area (Å²) >= 11 is 1.70. The Morgan fingerprint density at radius 2 is 1.82 bits per heavy atom. The molecule has 0 saturated carbocycles. The van der Waals surface area contributed by atoms with Gasteiger partial charge < -0.3 is 14.2 Å². The van der Waals surface area contributed by atoms with Gasteiger partial charge in [0.1, 0.15) is 19.0 Å². The summed E-state index contributed by atoms with van der Waals surface area (Å²) in [5.41, 5.74) is 3.30. The van der Waals surface area contributed by atoms with Crippen LogP contribution in [-0.2, 0) is 0 Å². The highest BCUT2D eigenvalue weighted by Crippen LogP contribution is 2.48. The van der Waals surface area contributed by atoms with Gasteiger partial charge in [0, 0.05) is 17.5 Å². The molecule has 1 aromatic heterocycles. The quantitative estimate of drug-likeness (QED) is 0.633. The largest absolute Gasteiger partial charge is 0.486 e. The van der Waals surface area contributed by atoms with Gasteiger partial charge in [-0.1, -0.05) is 24.3 Å². The summed E-state index contributed by atoms with van der Waals surface area (Å²) in [4.78, 5) is 1.16. The lowest BCUT2D eigenvalue weighted by Crippen LogP contribution is -2.33. The molecule has 3 aromatic rings. The van der Waals surface area contributed by atoms with E-state index in [-0.39, 0.29) is 12.3 Å². The lowest BCUT2D eigenvalue weighted by molar-refractivity contribution is -0.0165. The fourth-order valence-electron chi connectivity index (χ4n) is 4.05. The maximum absolute atomic E-state index is 6.35. The number of thiophene rings is 1. The van der Waals surface area contributed by atoms with E-state index < -0.39 is 0 Å². The van der Waals surface area contributed by atoms with Gasteiger partial charge in [-0.05, 0) is 35.7 Å². The lowest BCUT2D eigenvalue weighted by atomic mass is 9.96. The fraction of sp³-hybridized carbons (Fsp3) is 0.227. The summed E-state index contributed by atoms with van der Waals surface area (Å²) in [5.74, 6) is 2.54. The van der Waals surface area contributed by atoms with Gasteiger partial charge in [0.05, 0.1) is 16.6 Å². The summed E-state index contributed by atoms with van der Waals surface area (Å²) in [6.07, 6.45) is 0.636. The molecule has 0 bridgehead atoms. The van der Waals surface area contributed by atoms with Crippen molar-refractivity contribution in [2.45, 2.75) is 18.7 Å². The van der Waals surface area contributed by atoms with Crippen LogP contribution in [0.5, 0.6) is 17.2 Å². The molecule has 0 fully saturated rings. The molecule has 0 radical (unpaired) electrons. The molecule has 0 amide bonds. The Balaban J connectivity index is 1.41. The number of fused-ring (bicyclic) bond motifs is 4. The van der Waals surface area contributed by atoms with Crippen LogP contribution in [0.4, 0.5) is 0 Å². The van der Waals surface area contributed by atoms with Crippen molar-refractivity contribution < 1.29 is 14.2 Å². The monoisotopic (exact) mass is 390 g/mol. The maximum atomic E-state index is 6.35. The molecule has 0 aliphatic carbocycles. The van der Waals surface area contributed by atoms with Crippen molar-refractivity contribution in [3.05, 3.63) is 76.0 Å². The van der Waals surface area contributed by atoms with E-state index in [2.05, 4.69) is 46.8 Å². The molecular formula is C22H18N2O3S. The Hall–Kier alpha value is -2.99. The zero-order valence-electron chi connectivity index (χ0n) is 15.1. The molecule has 6 heteroatoms. The third kappa shape index (κ3) is 2.48. The van der Waals surface area contributed by atoms with Crippen LogP contribution < -0.4 is 14.2 Å². The first-order valence-corrected chi connectivity index (χ1v) is 10.3. The molecule has 5 nitrogen and oxygen atoms in total. The molecular weight excluding hydrogens is 372 g/mol. The lowest BCUT2D eigenvalue weighted by Gasteiger charge is -2.37. The van der Waals surface area contributed by atoms with E-state index in [9.17, 15) is 0 Å². The van der Waals surface area contributed by atoms with Gasteiger partial charge in [-0.15, -0.1) is 11.3 Å². The number of para-hydroxylation sites is 1. The minimum atomic E-state index is -0.199. The summed E-state index contributed by atoms with van der Waals surface area (Å²) in [6.45, 7) is 1.18. The van der Waals surface area contributed by atoms with Crippen molar-refractivity contribution >= 4 is 17.0 Å². The second-order valence-corrected chi connectivity index (χ2v) is 8.01. The predicted octanol–water partition coefficient (Wildman–Crippen LogP) is 4.76. The average molecular weight is 390 g/mol. The zero-order valence-corrected chi connectivity index (χ0v) is 15.9. The third-order valence-electron chi connectivity index (χ3n) is 5.36. The molecule has 0 spiro atoms. The number of hydrogen-bond acceptors (Lipinski definition) is 6. The second kappa shape index (κ2) is 6.27. The molecule has 28 heavy (non-hydrogen) atoms. The van der Waals surface area contributed by atoms with Crippen molar-refractivity contribution in [3.63, 3.8) is 0 Å². The molecule has 140 valence electrons.